The predicted octanol–water partition coefficient (Wildman–Crippen LogP) is 3.78. The number of amides is 2. The van der Waals surface area contributed by atoms with Crippen LogP contribution < -0.4 is 5.32 Å². The van der Waals surface area contributed by atoms with Gasteiger partial charge in [0, 0.05) is 24.2 Å². The summed E-state index contributed by atoms with van der Waals surface area (Å²) in [6.45, 7) is -2.47. The summed E-state index contributed by atoms with van der Waals surface area (Å²) in [7, 11) is 0. The van der Waals surface area contributed by atoms with Crippen molar-refractivity contribution in [2.24, 2.45) is 5.92 Å². The molecule has 10 heteroatoms. The quantitative estimate of drug-likeness (QED) is 0.713. The van der Waals surface area contributed by atoms with Crippen molar-refractivity contribution in [1.29, 1.82) is 0 Å². The maximum absolute atomic E-state index is 12.7. The number of halogens is 6. The van der Waals surface area contributed by atoms with E-state index in [0.717, 1.165) is 25.0 Å². The molecular formula is C17H18F6N2O2. The summed E-state index contributed by atoms with van der Waals surface area (Å²) in [4.78, 5) is 24.5. The van der Waals surface area contributed by atoms with Crippen molar-refractivity contribution in [1.82, 2.24) is 10.2 Å². The third kappa shape index (κ3) is 7.48. The molecule has 0 spiro atoms. The molecule has 0 unspecified atom stereocenters. The fourth-order valence-electron chi connectivity index (χ4n) is 2.37. The van der Waals surface area contributed by atoms with E-state index < -0.39 is 43.7 Å². The van der Waals surface area contributed by atoms with Gasteiger partial charge in [-0.2, -0.15) is 26.3 Å². The fourth-order valence-corrected chi connectivity index (χ4v) is 2.37. The molecule has 0 aromatic heterocycles. The highest BCUT2D eigenvalue weighted by atomic mass is 19.4. The Labute approximate surface area is 151 Å². The van der Waals surface area contributed by atoms with Gasteiger partial charge in [-0.05, 0) is 37.0 Å². The first kappa shape index (κ1) is 21.0. The Morgan fingerprint density at radius 2 is 1.67 bits per heavy atom. The molecule has 0 atom stereocenters. The summed E-state index contributed by atoms with van der Waals surface area (Å²) in [5.74, 6) is -1.30. The Hall–Kier alpha value is -2.26. The molecule has 1 fully saturated rings. The third-order valence-electron chi connectivity index (χ3n) is 3.94. The van der Waals surface area contributed by atoms with E-state index in [9.17, 15) is 35.9 Å². The van der Waals surface area contributed by atoms with Crippen LogP contribution in [0.2, 0.25) is 0 Å². The molecule has 0 bridgehead atoms. The lowest BCUT2D eigenvalue weighted by Crippen LogP contribution is -2.41. The van der Waals surface area contributed by atoms with Crippen LogP contribution in [0.25, 0.3) is 0 Å². The Balaban J connectivity index is 2.12. The molecular weight excluding hydrogens is 378 g/mol. The van der Waals surface area contributed by atoms with Crippen molar-refractivity contribution in [2.45, 2.75) is 31.6 Å². The molecule has 1 aliphatic rings. The van der Waals surface area contributed by atoms with Crippen LogP contribution in [-0.4, -0.2) is 48.7 Å². The van der Waals surface area contributed by atoms with E-state index in [2.05, 4.69) is 5.32 Å². The highest BCUT2D eigenvalue weighted by molar-refractivity contribution is 5.99. The van der Waals surface area contributed by atoms with Crippen LogP contribution in [0.5, 0.6) is 0 Å². The number of alkyl halides is 6. The van der Waals surface area contributed by atoms with E-state index in [1.165, 1.54) is 12.1 Å². The largest absolute Gasteiger partial charge is 0.406 e. The zero-order valence-corrected chi connectivity index (χ0v) is 14.2. The van der Waals surface area contributed by atoms with Gasteiger partial charge in [0.1, 0.15) is 6.54 Å². The molecule has 1 saturated carbocycles. The van der Waals surface area contributed by atoms with Crippen LogP contribution >= 0.6 is 0 Å². The number of benzene rings is 1. The maximum Gasteiger partial charge on any atom is 0.406 e. The molecule has 0 heterocycles. The topological polar surface area (TPSA) is 49.4 Å². The van der Waals surface area contributed by atoms with Crippen LogP contribution in [0.3, 0.4) is 0 Å². The first-order chi connectivity index (χ1) is 12.4. The van der Waals surface area contributed by atoms with E-state index in [1.807, 2.05) is 0 Å². The molecule has 1 aliphatic carbocycles. The number of hydrogen-bond acceptors (Lipinski definition) is 2. The Morgan fingerprint density at radius 3 is 2.22 bits per heavy atom. The monoisotopic (exact) mass is 396 g/mol. The normalized spacial score (nSPS) is 14.7. The van der Waals surface area contributed by atoms with Gasteiger partial charge in [0.25, 0.3) is 11.8 Å². The van der Waals surface area contributed by atoms with E-state index in [0.29, 0.717) is 12.5 Å². The van der Waals surface area contributed by atoms with Gasteiger partial charge in [0.15, 0.2) is 0 Å². The average molecular weight is 396 g/mol. The van der Waals surface area contributed by atoms with Gasteiger partial charge in [-0.25, -0.2) is 0 Å². The minimum absolute atomic E-state index is 0.0595. The zero-order chi connectivity index (χ0) is 20.2. The van der Waals surface area contributed by atoms with Crippen molar-refractivity contribution in [3.8, 4) is 0 Å². The maximum atomic E-state index is 12.7. The molecule has 0 saturated heterocycles. The average Bonchev–Trinajstić information content (AvgIpc) is 3.38. The fraction of sp³-hybridized carbons (Fsp3) is 0.529. The summed E-state index contributed by atoms with van der Waals surface area (Å²) >= 11 is 0. The molecule has 1 N–H and O–H groups in total. The van der Waals surface area contributed by atoms with Crippen LogP contribution in [0.1, 0.15) is 40.0 Å². The van der Waals surface area contributed by atoms with Gasteiger partial charge >= 0.3 is 12.4 Å². The van der Waals surface area contributed by atoms with Crippen LogP contribution in [0.15, 0.2) is 24.3 Å². The second kappa shape index (κ2) is 8.18. The van der Waals surface area contributed by atoms with E-state index in [1.54, 1.807) is 0 Å². The van der Waals surface area contributed by atoms with E-state index >= 15 is 0 Å². The van der Waals surface area contributed by atoms with Gasteiger partial charge in [-0.3, -0.25) is 9.59 Å². The van der Waals surface area contributed by atoms with Gasteiger partial charge in [-0.1, -0.05) is 6.07 Å². The highest BCUT2D eigenvalue weighted by Crippen LogP contribution is 2.27. The molecule has 1 aromatic rings. The third-order valence-corrected chi connectivity index (χ3v) is 3.94. The highest BCUT2D eigenvalue weighted by Gasteiger charge is 2.36. The molecule has 4 nitrogen and oxygen atoms in total. The number of hydrogen-bond donors (Lipinski definition) is 1. The minimum Gasteiger partial charge on any atom is -0.352 e. The molecule has 150 valence electrons. The molecule has 2 amide bonds. The predicted molar refractivity (Wildman–Crippen MR) is 84.1 cm³/mol. The summed E-state index contributed by atoms with van der Waals surface area (Å²) < 4.78 is 75.1. The summed E-state index contributed by atoms with van der Waals surface area (Å²) in [6.07, 6.45) is -9.10. The zero-order valence-electron chi connectivity index (χ0n) is 14.2. The SMILES string of the molecule is O=C(NCC1CC1)c1cccc(C(=O)N(CCC(F)(F)F)CC(F)(F)F)c1. The van der Waals surface area contributed by atoms with Crippen molar-refractivity contribution < 1.29 is 35.9 Å². The second-order valence-electron chi connectivity index (χ2n) is 6.44. The molecule has 1 aromatic carbocycles. The van der Waals surface area contributed by atoms with E-state index in [4.69, 9.17) is 0 Å². The smallest absolute Gasteiger partial charge is 0.352 e. The first-order valence-electron chi connectivity index (χ1n) is 8.25. The molecule has 2 rings (SSSR count). The molecule has 0 aliphatic heterocycles. The lowest BCUT2D eigenvalue weighted by Gasteiger charge is -2.24. The standard InChI is InChI=1S/C17H18F6N2O2/c18-16(19,20)6-7-25(10-17(21,22)23)15(27)13-3-1-2-12(8-13)14(26)24-9-11-4-5-11/h1-3,8,11H,4-7,9-10H2,(H,24,26). The van der Waals surface area contributed by atoms with Crippen LogP contribution in [0, 0.1) is 5.92 Å². The molecule has 27 heavy (non-hydrogen) atoms. The summed E-state index contributed by atoms with van der Waals surface area (Å²) in [6, 6.07) is 4.93. The van der Waals surface area contributed by atoms with Crippen molar-refractivity contribution in [3.05, 3.63) is 35.4 Å². The van der Waals surface area contributed by atoms with Gasteiger partial charge in [0.2, 0.25) is 0 Å². The van der Waals surface area contributed by atoms with Crippen molar-refractivity contribution in [3.63, 3.8) is 0 Å². The Morgan fingerprint density at radius 1 is 1.04 bits per heavy atom. The minimum atomic E-state index is -4.85. The van der Waals surface area contributed by atoms with Gasteiger partial charge in [-0.15, -0.1) is 0 Å². The Kier molecular flexibility index (Phi) is 6.38. The summed E-state index contributed by atoms with van der Waals surface area (Å²) in [5, 5.41) is 2.65. The number of carbonyl (C=O) groups excluding carboxylic acids is 2. The van der Waals surface area contributed by atoms with Gasteiger partial charge in [0.05, 0.1) is 6.42 Å². The number of nitrogens with zero attached hydrogens (tertiary/aromatic N) is 1. The summed E-state index contributed by atoms with van der Waals surface area (Å²) in [5.41, 5.74) is -0.218. The lowest BCUT2D eigenvalue weighted by atomic mass is 10.1. The first-order valence-corrected chi connectivity index (χ1v) is 8.25. The number of nitrogens with one attached hydrogen (secondary N) is 1. The Bertz CT molecular complexity index is 683. The number of carbonyl (C=O) groups is 2. The van der Waals surface area contributed by atoms with Crippen LogP contribution in [-0.2, 0) is 0 Å². The van der Waals surface area contributed by atoms with Crippen LogP contribution in [0.4, 0.5) is 26.3 Å². The lowest BCUT2D eigenvalue weighted by molar-refractivity contribution is -0.155. The van der Waals surface area contributed by atoms with Gasteiger partial charge < -0.3 is 10.2 Å². The molecule has 0 radical (unpaired) electrons. The van der Waals surface area contributed by atoms with Crippen molar-refractivity contribution >= 4 is 11.8 Å². The van der Waals surface area contributed by atoms with Crippen molar-refractivity contribution in [2.75, 3.05) is 19.6 Å². The van der Waals surface area contributed by atoms with E-state index in [-0.39, 0.29) is 16.0 Å². The number of rotatable bonds is 7. The second-order valence-corrected chi connectivity index (χ2v) is 6.44.